The minimum atomic E-state index is -0.234. The maximum Gasteiger partial charge on any atom is 0.145 e. The predicted octanol–water partition coefficient (Wildman–Crippen LogP) is 7.37. The number of aromatic nitrogens is 2. The first-order valence-electron chi connectivity index (χ1n) is 9.56. The van der Waals surface area contributed by atoms with Gasteiger partial charge >= 0.3 is 0 Å². The van der Waals surface area contributed by atoms with Gasteiger partial charge < -0.3 is 5.11 Å². The zero-order chi connectivity index (χ0) is 21.3. The third kappa shape index (κ3) is 4.24. The third-order valence-corrected chi connectivity index (χ3v) is 6.25. The first-order valence-corrected chi connectivity index (χ1v) is 10.7. The summed E-state index contributed by atoms with van der Waals surface area (Å²) in [6, 6.07) is 15.1. The number of phenols is 1. The van der Waals surface area contributed by atoms with Crippen molar-refractivity contribution in [2.24, 2.45) is 0 Å². The Balaban J connectivity index is 1.83. The molecule has 152 valence electrons. The lowest BCUT2D eigenvalue weighted by Gasteiger charge is -2.22. The van der Waals surface area contributed by atoms with Crippen LogP contribution in [-0.4, -0.2) is 15.1 Å². The number of nitrogens with zero attached hydrogens (tertiary/aromatic N) is 2. The fraction of sp³-hybridized carbons (Fsp3) is 0.167. The van der Waals surface area contributed by atoms with Crippen LogP contribution in [0.2, 0.25) is 15.1 Å². The van der Waals surface area contributed by atoms with Crippen molar-refractivity contribution in [1.82, 2.24) is 9.97 Å². The van der Waals surface area contributed by atoms with Crippen molar-refractivity contribution in [3.63, 3.8) is 0 Å². The van der Waals surface area contributed by atoms with Gasteiger partial charge in [-0.1, -0.05) is 53.0 Å². The molecule has 1 atom stereocenters. The minimum Gasteiger partial charge on any atom is -0.505 e. The highest BCUT2D eigenvalue weighted by molar-refractivity contribution is 6.43. The van der Waals surface area contributed by atoms with Crippen LogP contribution in [-0.2, 0) is 6.42 Å². The van der Waals surface area contributed by atoms with E-state index in [1.165, 1.54) is 0 Å². The molecule has 0 aliphatic heterocycles. The van der Waals surface area contributed by atoms with Crippen molar-refractivity contribution in [2.75, 3.05) is 0 Å². The van der Waals surface area contributed by atoms with Crippen LogP contribution >= 0.6 is 34.8 Å². The summed E-state index contributed by atoms with van der Waals surface area (Å²) >= 11 is 19.2. The Kier molecular flexibility index (Phi) is 6.14. The summed E-state index contributed by atoms with van der Waals surface area (Å²) in [5.74, 6) is -0.0927. The number of halogens is 3. The molecule has 0 saturated carbocycles. The van der Waals surface area contributed by atoms with Crippen LogP contribution in [0.5, 0.6) is 5.75 Å². The second-order valence-corrected chi connectivity index (χ2v) is 8.51. The van der Waals surface area contributed by atoms with Gasteiger partial charge in [0, 0.05) is 40.0 Å². The molecule has 0 amide bonds. The van der Waals surface area contributed by atoms with E-state index < -0.39 is 0 Å². The standard InChI is InChI=1S/C24H19Cl3N2O/c1-14-8-10-28-17(11-14)5-7-18(20-12-16(25)13-21(26)22(20)27)19-6-4-15-3-2-9-29-23(15)24(19)30/h2-4,6,8-13,18,30H,5,7H2,1H3. The highest BCUT2D eigenvalue weighted by Gasteiger charge is 2.24. The van der Waals surface area contributed by atoms with E-state index >= 15 is 0 Å². The molecule has 0 bridgehead atoms. The minimum absolute atomic E-state index is 0.141. The lowest BCUT2D eigenvalue weighted by atomic mass is 9.85. The van der Waals surface area contributed by atoms with E-state index in [0.29, 0.717) is 33.4 Å². The number of pyridine rings is 2. The molecule has 4 aromatic rings. The quantitative estimate of drug-likeness (QED) is 0.318. The number of rotatable bonds is 5. The Morgan fingerprint density at radius 3 is 2.57 bits per heavy atom. The van der Waals surface area contributed by atoms with E-state index in [1.807, 2.05) is 43.3 Å². The van der Waals surface area contributed by atoms with Gasteiger partial charge in [0.2, 0.25) is 0 Å². The number of aromatic hydroxyl groups is 1. The molecule has 0 aliphatic carbocycles. The SMILES string of the molecule is Cc1ccnc(CCC(c2cc(Cl)cc(Cl)c2Cl)c2ccc3cccnc3c2O)c1. The summed E-state index contributed by atoms with van der Waals surface area (Å²) in [6.45, 7) is 2.04. The molecule has 0 spiro atoms. The average molecular weight is 458 g/mol. The fourth-order valence-electron chi connectivity index (χ4n) is 3.76. The van der Waals surface area contributed by atoms with Crippen LogP contribution in [0, 0.1) is 6.92 Å². The van der Waals surface area contributed by atoms with Crippen LogP contribution in [0.3, 0.4) is 0 Å². The van der Waals surface area contributed by atoms with Gasteiger partial charge in [0.25, 0.3) is 0 Å². The van der Waals surface area contributed by atoms with Crippen molar-refractivity contribution in [1.29, 1.82) is 0 Å². The van der Waals surface area contributed by atoms with Crippen LogP contribution in [0.25, 0.3) is 10.9 Å². The monoisotopic (exact) mass is 456 g/mol. The maximum atomic E-state index is 11.1. The molecule has 2 aromatic heterocycles. The van der Waals surface area contributed by atoms with E-state index in [9.17, 15) is 5.11 Å². The molecule has 0 saturated heterocycles. The highest BCUT2D eigenvalue weighted by atomic mass is 35.5. The lowest BCUT2D eigenvalue weighted by Crippen LogP contribution is -2.06. The van der Waals surface area contributed by atoms with Crippen molar-refractivity contribution in [3.05, 3.63) is 98.4 Å². The fourth-order valence-corrected chi connectivity index (χ4v) is 4.51. The van der Waals surface area contributed by atoms with Gasteiger partial charge in [-0.15, -0.1) is 0 Å². The average Bonchev–Trinajstić information content (AvgIpc) is 2.73. The maximum absolute atomic E-state index is 11.1. The Morgan fingerprint density at radius 1 is 0.933 bits per heavy atom. The van der Waals surface area contributed by atoms with Gasteiger partial charge in [-0.3, -0.25) is 9.97 Å². The first-order chi connectivity index (χ1) is 14.4. The summed E-state index contributed by atoms with van der Waals surface area (Å²) in [7, 11) is 0. The van der Waals surface area contributed by atoms with Crippen LogP contribution in [0.4, 0.5) is 0 Å². The molecular formula is C24H19Cl3N2O. The van der Waals surface area contributed by atoms with Gasteiger partial charge in [-0.2, -0.15) is 0 Å². The number of fused-ring (bicyclic) bond motifs is 1. The topological polar surface area (TPSA) is 46.0 Å². The van der Waals surface area contributed by atoms with Gasteiger partial charge in [0.15, 0.2) is 0 Å². The van der Waals surface area contributed by atoms with Crippen LogP contribution < -0.4 is 0 Å². The molecule has 30 heavy (non-hydrogen) atoms. The van der Waals surface area contributed by atoms with Crippen molar-refractivity contribution < 1.29 is 5.11 Å². The molecule has 1 N–H and O–H groups in total. The van der Waals surface area contributed by atoms with E-state index in [-0.39, 0.29) is 11.7 Å². The van der Waals surface area contributed by atoms with Crippen LogP contribution in [0.15, 0.2) is 60.9 Å². The summed E-state index contributed by atoms with van der Waals surface area (Å²) in [5, 5.41) is 13.2. The number of benzene rings is 2. The first kappa shape index (κ1) is 20.9. The summed E-state index contributed by atoms with van der Waals surface area (Å²) in [4.78, 5) is 8.83. The Bertz CT molecular complexity index is 1230. The summed E-state index contributed by atoms with van der Waals surface area (Å²) in [5.41, 5.74) is 4.18. The number of aryl methyl sites for hydroxylation is 2. The van der Waals surface area contributed by atoms with E-state index in [2.05, 4.69) is 16.0 Å². The molecule has 0 aliphatic rings. The molecule has 0 radical (unpaired) electrons. The van der Waals surface area contributed by atoms with Crippen LogP contribution in [0.1, 0.15) is 34.7 Å². The predicted molar refractivity (Wildman–Crippen MR) is 124 cm³/mol. The normalized spacial score (nSPS) is 12.3. The second-order valence-electron chi connectivity index (χ2n) is 7.29. The zero-order valence-corrected chi connectivity index (χ0v) is 18.5. The van der Waals surface area contributed by atoms with Gasteiger partial charge in [0.05, 0.1) is 10.0 Å². The smallest absolute Gasteiger partial charge is 0.145 e. The summed E-state index contributed by atoms with van der Waals surface area (Å²) < 4.78 is 0. The second kappa shape index (κ2) is 8.81. The number of hydrogen-bond donors (Lipinski definition) is 1. The van der Waals surface area contributed by atoms with E-state index in [4.69, 9.17) is 34.8 Å². The molecule has 2 heterocycles. The third-order valence-electron chi connectivity index (χ3n) is 5.21. The zero-order valence-electron chi connectivity index (χ0n) is 16.2. The van der Waals surface area contributed by atoms with Gasteiger partial charge in [-0.05, 0) is 61.2 Å². The van der Waals surface area contributed by atoms with Gasteiger partial charge in [0.1, 0.15) is 11.3 Å². The molecule has 3 nitrogen and oxygen atoms in total. The van der Waals surface area contributed by atoms with Crippen molar-refractivity contribution in [3.8, 4) is 5.75 Å². The Morgan fingerprint density at radius 2 is 1.77 bits per heavy atom. The number of phenolic OH excluding ortho intramolecular Hbond substituents is 1. The molecular weight excluding hydrogens is 439 g/mol. The van der Waals surface area contributed by atoms with Gasteiger partial charge in [-0.25, -0.2) is 0 Å². The Hall–Kier alpha value is -2.33. The summed E-state index contributed by atoms with van der Waals surface area (Å²) in [6.07, 6.45) is 4.84. The lowest BCUT2D eigenvalue weighted by molar-refractivity contribution is 0.468. The van der Waals surface area contributed by atoms with Crippen molar-refractivity contribution >= 4 is 45.7 Å². The van der Waals surface area contributed by atoms with E-state index in [0.717, 1.165) is 27.8 Å². The molecule has 1 unspecified atom stereocenters. The molecule has 6 heteroatoms. The molecule has 2 aromatic carbocycles. The molecule has 0 fully saturated rings. The highest BCUT2D eigenvalue weighted by Crippen LogP contribution is 2.43. The van der Waals surface area contributed by atoms with E-state index in [1.54, 1.807) is 18.5 Å². The van der Waals surface area contributed by atoms with Crippen molar-refractivity contribution in [2.45, 2.75) is 25.7 Å². The number of hydrogen-bond acceptors (Lipinski definition) is 3. The largest absolute Gasteiger partial charge is 0.505 e. The molecule has 4 rings (SSSR count). The Labute approximate surface area is 190 Å².